The zero-order valence-electron chi connectivity index (χ0n) is 17.0. The summed E-state index contributed by atoms with van der Waals surface area (Å²) in [6, 6.07) is 17.9. The molecule has 146 valence electrons. The highest BCUT2D eigenvalue weighted by atomic mass is 16.5. The maximum Gasteiger partial charge on any atom is 0.316 e. The lowest BCUT2D eigenvalue weighted by molar-refractivity contribution is -0.151. The summed E-state index contributed by atoms with van der Waals surface area (Å²) >= 11 is 0. The van der Waals surface area contributed by atoms with Gasteiger partial charge in [0.15, 0.2) is 0 Å². The van der Waals surface area contributed by atoms with Crippen molar-refractivity contribution in [2.75, 3.05) is 6.61 Å². The van der Waals surface area contributed by atoms with Crippen molar-refractivity contribution >= 4 is 5.97 Å². The summed E-state index contributed by atoms with van der Waals surface area (Å²) in [6.45, 7) is 8.53. The predicted molar refractivity (Wildman–Crippen MR) is 109 cm³/mol. The molecule has 3 nitrogen and oxygen atoms in total. The fraction of sp³-hybridized carbons (Fsp3) is 0.458. The predicted octanol–water partition coefficient (Wildman–Crippen LogP) is 5.18. The number of carbonyl (C=O) groups excluding carboxylic acids is 1. The second-order valence-corrected chi connectivity index (χ2v) is 8.44. The van der Waals surface area contributed by atoms with E-state index in [4.69, 9.17) is 4.74 Å². The molecule has 0 amide bonds. The molecule has 0 fully saturated rings. The molecule has 1 unspecified atom stereocenters. The van der Waals surface area contributed by atoms with Crippen molar-refractivity contribution in [1.29, 1.82) is 0 Å². The Hall–Kier alpha value is -2.13. The molecule has 0 spiro atoms. The van der Waals surface area contributed by atoms with Crippen molar-refractivity contribution < 1.29 is 14.6 Å². The van der Waals surface area contributed by atoms with Gasteiger partial charge in [-0.3, -0.25) is 4.79 Å². The Bertz CT molecular complexity index is 736. The van der Waals surface area contributed by atoms with Gasteiger partial charge in [0.2, 0.25) is 0 Å². The minimum Gasteiger partial charge on any atom is -0.460 e. The Morgan fingerprint density at radius 3 is 2.33 bits per heavy atom. The van der Waals surface area contributed by atoms with Crippen molar-refractivity contribution in [2.45, 2.75) is 59.0 Å². The maximum atomic E-state index is 13.1. The summed E-state index contributed by atoms with van der Waals surface area (Å²) in [6.07, 6.45) is 2.39. The van der Waals surface area contributed by atoms with Crippen LogP contribution in [-0.2, 0) is 21.6 Å². The van der Waals surface area contributed by atoms with Gasteiger partial charge in [-0.2, -0.15) is 0 Å². The van der Waals surface area contributed by atoms with Gasteiger partial charge in [-0.15, -0.1) is 0 Å². The van der Waals surface area contributed by atoms with E-state index in [-0.39, 0.29) is 24.6 Å². The van der Waals surface area contributed by atoms with E-state index in [9.17, 15) is 9.90 Å². The first-order valence-electron chi connectivity index (χ1n) is 9.66. The first-order chi connectivity index (χ1) is 12.8. The van der Waals surface area contributed by atoms with Crippen molar-refractivity contribution in [1.82, 2.24) is 0 Å². The van der Waals surface area contributed by atoms with E-state index in [2.05, 4.69) is 6.07 Å². The van der Waals surface area contributed by atoms with Crippen molar-refractivity contribution in [3.8, 4) is 0 Å². The lowest BCUT2D eigenvalue weighted by atomic mass is 9.76. The maximum absolute atomic E-state index is 13.1. The van der Waals surface area contributed by atoms with Crippen LogP contribution in [0.3, 0.4) is 0 Å². The standard InChI is InChI=1S/C24H32O3/c1-19-10-8-13-21(16-19)24(4,15-9-14-23(2,3)18-25)22(26)27-17-20-11-6-5-7-12-20/h5-8,10-13,16,25H,9,14-15,17-18H2,1-4H3. The van der Waals surface area contributed by atoms with E-state index in [0.717, 1.165) is 29.5 Å². The summed E-state index contributed by atoms with van der Waals surface area (Å²) in [4.78, 5) is 13.1. The molecule has 0 aliphatic carbocycles. The number of ether oxygens (including phenoxy) is 1. The third-order valence-electron chi connectivity index (χ3n) is 5.28. The van der Waals surface area contributed by atoms with Gasteiger partial charge in [0, 0.05) is 6.61 Å². The summed E-state index contributed by atoms with van der Waals surface area (Å²) in [5.41, 5.74) is 2.26. The molecule has 0 aliphatic heterocycles. The normalized spacial score (nSPS) is 13.8. The molecule has 0 radical (unpaired) electrons. The second kappa shape index (κ2) is 9.18. The summed E-state index contributed by atoms with van der Waals surface area (Å²) in [7, 11) is 0. The highest BCUT2D eigenvalue weighted by Gasteiger charge is 2.37. The Labute approximate surface area is 163 Å². The van der Waals surface area contributed by atoms with Crippen LogP contribution in [0.25, 0.3) is 0 Å². The number of aryl methyl sites for hydroxylation is 1. The van der Waals surface area contributed by atoms with E-state index in [1.54, 1.807) is 0 Å². The molecule has 0 aromatic heterocycles. The lowest BCUT2D eigenvalue weighted by Crippen LogP contribution is -2.35. The van der Waals surface area contributed by atoms with Gasteiger partial charge in [-0.25, -0.2) is 0 Å². The quantitative estimate of drug-likeness (QED) is 0.620. The van der Waals surface area contributed by atoms with Gasteiger partial charge in [0.1, 0.15) is 6.61 Å². The summed E-state index contributed by atoms with van der Waals surface area (Å²) < 4.78 is 5.71. The highest BCUT2D eigenvalue weighted by Crippen LogP contribution is 2.34. The number of rotatable bonds is 9. The number of aliphatic hydroxyl groups excluding tert-OH is 1. The zero-order valence-corrected chi connectivity index (χ0v) is 17.0. The number of benzene rings is 2. The average Bonchev–Trinajstić information content (AvgIpc) is 2.66. The van der Waals surface area contributed by atoms with Crippen molar-refractivity contribution in [2.24, 2.45) is 5.41 Å². The SMILES string of the molecule is Cc1cccc(C(C)(CCCC(C)(C)CO)C(=O)OCc2ccccc2)c1. The third kappa shape index (κ3) is 5.93. The fourth-order valence-corrected chi connectivity index (χ4v) is 3.23. The van der Waals surface area contributed by atoms with E-state index in [1.807, 2.05) is 76.2 Å². The molecular weight excluding hydrogens is 336 g/mol. The molecule has 0 aliphatic rings. The molecule has 1 N–H and O–H groups in total. The van der Waals surface area contributed by atoms with E-state index in [0.29, 0.717) is 6.42 Å². The van der Waals surface area contributed by atoms with E-state index >= 15 is 0 Å². The van der Waals surface area contributed by atoms with Crippen LogP contribution in [0, 0.1) is 12.3 Å². The average molecular weight is 369 g/mol. The Balaban J connectivity index is 2.16. The van der Waals surface area contributed by atoms with Crippen molar-refractivity contribution in [3.63, 3.8) is 0 Å². The van der Waals surface area contributed by atoms with Gasteiger partial charge in [0.25, 0.3) is 0 Å². The lowest BCUT2D eigenvalue weighted by Gasteiger charge is -2.30. The first-order valence-corrected chi connectivity index (χ1v) is 9.66. The smallest absolute Gasteiger partial charge is 0.316 e. The number of hydrogen-bond donors (Lipinski definition) is 1. The van der Waals surface area contributed by atoms with Crippen LogP contribution in [0.2, 0.25) is 0 Å². The Morgan fingerprint density at radius 1 is 1.00 bits per heavy atom. The zero-order chi connectivity index (χ0) is 19.9. The molecule has 1 atom stereocenters. The van der Waals surface area contributed by atoms with E-state index < -0.39 is 5.41 Å². The van der Waals surface area contributed by atoms with Gasteiger partial charge in [-0.05, 0) is 43.2 Å². The molecule has 0 bridgehead atoms. The van der Waals surface area contributed by atoms with Crippen LogP contribution in [0.15, 0.2) is 54.6 Å². The number of carbonyl (C=O) groups is 1. The number of hydrogen-bond acceptors (Lipinski definition) is 3. The highest BCUT2D eigenvalue weighted by molar-refractivity contribution is 5.82. The van der Waals surface area contributed by atoms with Gasteiger partial charge < -0.3 is 9.84 Å². The molecule has 2 rings (SSSR count). The number of aliphatic hydroxyl groups is 1. The number of esters is 1. The Morgan fingerprint density at radius 2 is 1.70 bits per heavy atom. The monoisotopic (exact) mass is 368 g/mol. The van der Waals surface area contributed by atoms with Crippen LogP contribution in [0.4, 0.5) is 0 Å². The largest absolute Gasteiger partial charge is 0.460 e. The van der Waals surface area contributed by atoms with Crippen LogP contribution in [0.1, 0.15) is 56.7 Å². The minimum absolute atomic E-state index is 0.137. The van der Waals surface area contributed by atoms with E-state index in [1.165, 1.54) is 0 Å². The Kier molecular flexibility index (Phi) is 7.20. The van der Waals surface area contributed by atoms with Crippen molar-refractivity contribution in [3.05, 3.63) is 71.3 Å². The van der Waals surface area contributed by atoms with Crippen LogP contribution >= 0.6 is 0 Å². The molecule has 2 aromatic rings. The van der Waals surface area contributed by atoms with Crippen LogP contribution in [-0.4, -0.2) is 17.7 Å². The molecule has 0 saturated carbocycles. The summed E-state index contributed by atoms with van der Waals surface area (Å²) in [5, 5.41) is 9.50. The molecule has 0 heterocycles. The van der Waals surface area contributed by atoms with Crippen LogP contribution in [0.5, 0.6) is 0 Å². The van der Waals surface area contributed by atoms with Crippen LogP contribution < -0.4 is 0 Å². The molecule has 3 heteroatoms. The van der Waals surface area contributed by atoms with Gasteiger partial charge in [0.05, 0.1) is 5.41 Å². The second-order valence-electron chi connectivity index (χ2n) is 8.44. The third-order valence-corrected chi connectivity index (χ3v) is 5.28. The minimum atomic E-state index is -0.702. The molecule has 2 aromatic carbocycles. The summed E-state index contributed by atoms with van der Waals surface area (Å²) in [5.74, 6) is -0.196. The first kappa shape index (κ1) is 21.2. The molecule has 0 saturated heterocycles. The van der Waals surface area contributed by atoms with Gasteiger partial charge in [-0.1, -0.05) is 80.4 Å². The molecular formula is C24H32O3. The topological polar surface area (TPSA) is 46.5 Å². The molecule has 27 heavy (non-hydrogen) atoms. The van der Waals surface area contributed by atoms with Gasteiger partial charge >= 0.3 is 5.97 Å². The fourth-order valence-electron chi connectivity index (χ4n) is 3.23.